The summed E-state index contributed by atoms with van der Waals surface area (Å²) < 4.78 is 11.4. The van der Waals surface area contributed by atoms with Crippen LogP contribution < -0.4 is 5.32 Å². The molecule has 3 aliphatic carbocycles. The molecular formula is C19H29NO3. The van der Waals surface area contributed by atoms with Gasteiger partial charge < -0.3 is 14.8 Å². The third-order valence-electron chi connectivity index (χ3n) is 4.73. The summed E-state index contributed by atoms with van der Waals surface area (Å²) in [5.41, 5.74) is -0.439. The second-order valence-electron chi connectivity index (χ2n) is 8.13. The first-order valence-corrected chi connectivity index (χ1v) is 8.86. The third kappa shape index (κ3) is 5.10. The third-order valence-corrected chi connectivity index (χ3v) is 4.73. The normalized spacial score (nSPS) is 32.7. The van der Waals surface area contributed by atoms with Gasteiger partial charge in [-0.25, -0.2) is 4.79 Å². The summed E-state index contributed by atoms with van der Waals surface area (Å²) in [5.74, 6) is 2.38. The van der Waals surface area contributed by atoms with E-state index in [1.807, 2.05) is 20.8 Å². The first-order valence-electron chi connectivity index (χ1n) is 8.86. The molecule has 3 rings (SSSR count). The molecule has 2 fully saturated rings. The van der Waals surface area contributed by atoms with E-state index >= 15 is 0 Å². The van der Waals surface area contributed by atoms with E-state index in [2.05, 4.69) is 29.6 Å². The van der Waals surface area contributed by atoms with Crippen LogP contribution in [0.1, 0.15) is 40.0 Å². The molecule has 4 atom stereocenters. The van der Waals surface area contributed by atoms with Gasteiger partial charge in [0.2, 0.25) is 0 Å². The molecule has 23 heavy (non-hydrogen) atoms. The molecule has 3 aliphatic rings. The van der Waals surface area contributed by atoms with Gasteiger partial charge in [-0.1, -0.05) is 24.3 Å². The standard InChI is InChI=1S/C19H29NO3/c1-19(2,3)23-18(21)20-11-14-10-16(14)15-6-4-5-7-17(15)22-12-13-8-9-13/h4-7,13-17H,8-12H2,1-3H3,(H,20,21)/t14-,15?,16-,17?/m1/s1. The van der Waals surface area contributed by atoms with E-state index in [1.54, 1.807) is 0 Å². The van der Waals surface area contributed by atoms with Crippen molar-refractivity contribution < 1.29 is 14.3 Å². The average molecular weight is 319 g/mol. The zero-order valence-electron chi connectivity index (χ0n) is 14.5. The number of amides is 1. The molecule has 0 aromatic rings. The van der Waals surface area contributed by atoms with E-state index in [-0.39, 0.29) is 12.2 Å². The van der Waals surface area contributed by atoms with Crippen molar-refractivity contribution >= 4 is 6.09 Å². The molecule has 0 heterocycles. The molecule has 4 nitrogen and oxygen atoms in total. The van der Waals surface area contributed by atoms with Crippen LogP contribution in [0.2, 0.25) is 0 Å². The van der Waals surface area contributed by atoms with Gasteiger partial charge in [0.25, 0.3) is 0 Å². The Morgan fingerprint density at radius 3 is 2.65 bits per heavy atom. The van der Waals surface area contributed by atoms with E-state index in [1.165, 1.54) is 12.8 Å². The van der Waals surface area contributed by atoms with Gasteiger partial charge in [-0.05, 0) is 57.8 Å². The van der Waals surface area contributed by atoms with Crippen LogP contribution in [-0.4, -0.2) is 30.9 Å². The van der Waals surface area contributed by atoms with Crippen LogP contribution in [0.25, 0.3) is 0 Å². The second-order valence-corrected chi connectivity index (χ2v) is 8.13. The van der Waals surface area contributed by atoms with Gasteiger partial charge in [-0.15, -0.1) is 0 Å². The second kappa shape index (κ2) is 6.68. The highest BCUT2D eigenvalue weighted by atomic mass is 16.6. The van der Waals surface area contributed by atoms with Gasteiger partial charge in [0.15, 0.2) is 0 Å². The Kier molecular flexibility index (Phi) is 4.81. The van der Waals surface area contributed by atoms with Crippen LogP contribution in [-0.2, 0) is 9.47 Å². The Balaban J connectivity index is 1.42. The minimum Gasteiger partial charge on any atom is -0.444 e. The molecule has 0 saturated heterocycles. The molecule has 0 radical (unpaired) electrons. The minimum atomic E-state index is -0.439. The molecule has 0 aromatic heterocycles. The van der Waals surface area contributed by atoms with Crippen molar-refractivity contribution in [1.29, 1.82) is 0 Å². The van der Waals surface area contributed by atoms with Gasteiger partial charge >= 0.3 is 6.09 Å². The van der Waals surface area contributed by atoms with Crippen LogP contribution in [0.4, 0.5) is 4.79 Å². The monoisotopic (exact) mass is 319 g/mol. The summed E-state index contributed by atoms with van der Waals surface area (Å²) >= 11 is 0. The molecule has 0 bridgehead atoms. The number of hydrogen-bond donors (Lipinski definition) is 1. The van der Waals surface area contributed by atoms with Gasteiger partial charge in [0, 0.05) is 12.5 Å². The smallest absolute Gasteiger partial charge is 0.407 e. The van der Waals surface area contributed by atoms with Gasteiger partial charge in [0.1, 0.15) is 5.60 Å². The summed E-state index contributed by atoms with van der Waals surface area (Å²) in [5, 5.41) is 2.90. The minimum absolute atomic E-state index is 0.206. The Hall–Kier alpha value is -1.29. The highest BCUT2D eigenvalue weighted by Crippen LogP contribution is 2.47. The molecule has 0 aliphatic heterocycles. The number of allylic oxidation sites excluding steroid dienone is 2. The Morgan fingerprint density at radius 2 is 1.96 bits per heavy atom. The molecule has 4 heteroatoms. The Bertz CT molecular complexity index is 487. The van der Waals surface area contributed by atoms with Crippen molar-refractivity contribution in [2.24, 2.45) is 23.7 Å². The summed E-state index contributed by atoms with van der Waals surface area (Å²) in [6.45, 7) is 7.24. The van der Waals surface area contributed by atoms with Crippen molar-refractivity contribution in [3.8, 4) is 0 Å². The number of ether oxygens (including phenoxy) is 2. The quantitative estimate of drug-likeness (QED) is 0.812. The molecule has 2 unspecified atom stereocenters. The highest BCUT2D eigenvalue weighted by molar-refractivity contribution is 5.67. The summed E-state index contributed by atoms with van der Waals surface area (Å²) in [6.07, 6.45) is 12.4. The molecule has 1 amide bonds. The van der Waals surface area contributed by atoms with Crippen LogP contribution in [0.3, 0.4) is 0 Å². The fourth-order valence-corrected chi connectivity index (χ4v) is 3.19. The number of rotatable bonds is 6. The molecule has 1 N–H and O–H groups in total. The van der Waals surface area contributed by atoms with Crippen LogP contribution in [0.15, 0.2) is 24.3 Å². The predicted molar refractivity (Wildman–Crippen MR) is 90.1 cm³/mol. The number of carbonyl (C=O) groups excluding carboxylic acids is 1. The van der Waals surface area contributed by atoms with E-state index < -0.39 is 5.60 Å². The topological polar surface area (TPSA) is 47.6 Å². The number of hydrogen-bond acceptors (Lipinski definition) is 3. The maximum atomic E-state index is 11.7. The van der Waals surface area contributed by atoms with Crippen molar-refractivity contribution in [1.82, 2.24) is 5.32 Å². The Labute approximate surface area is 139 Å². The number of alkyl carbamates (subject to hydrolysis) is 1. The van der Waals surface area contributed by atoms with Crippen molar-refractivity contribution in [2.75, 3.05) is 13.2 Å². The summed E-state index contributed by atoms with van der Waals surface area (Å²) in [4.78, 5) is 11.7. The molecule has 0 spiro atoms. The van der Waals surface area contributed by atoms with E-state index in [0.717, 1.165) is 18.9 Å². The first kappa shape index (κ1) is 16.6. The molecule has 128 valence electrons. The lowest BCUT2D eigenvalue weighted by Gasteiger charge is -2.25. The van der Waals surface area contributed by atoms with Gasteiger partial charge in [-0.2, -0.15) is 0 Å². The van der Waals surface area contributed by atoms with E-state index in [0.29, 0.717) is 24.3 Å². The lowest BCUT2D eigenvalue weighted by molar-refractivity contribution is 0.0421. The fraction of sp³-hybridized carbons (Fsp3) is 0.737. The maximum Gasteiger partial charge on any atom is 0.407 e. The Morgan fingerprint density at radius 1 is 1.22 bits per heavy atom. The fourth-order valence-electron chi connectivity index (χ4n) is 3.19. The average Bonchev–Trinajstić information content (AvgIpc) is 3.36. The lowest BCUT2D eigenvalue weighted by Crippen LogP contribution is -2.34. The SMILES string of the molecule is CC(C)(C)OC(=O)NC[C@H]1C[C@H]1C1C=CC=CC1OCC1CC1. The van der Waals surface area contributed by atoms with Gasteiger partial charge in [0.05, 0.1) is 12.7 Å². The number of nitrogens with one attached hydrogen (secondary N) is 1. The largest absolute Gasteiger partial charge is 0.444 e. The predicted octanol–water partition coefficient (Wildman–Crippen LogP) is 3.68. The first-order chi connectivity index (χ1) is 10.9. The van der Waals surface area contributed by atoms with E-state index in [4.69, 9.17) is 9.47 Å². The molecule has 2 saturated carbocycles. The van der Waals surface area contributed by atoms with Crippen LogP contribution in [0.5, 0.6) is 0 Å². The zero-order chi connectivity index (χ0) is 16.4. The number of carbonyl (C=O) groups is 1. The van der Waals surface area contributed by atoms with Crippen LogP contribution in [0, 0.1) is 23.7 Å². The van der Waals surface area contributed by atoms with Crippen molar-refractivity contribution in [3.05, 3.63) is 24.3 Å². The summed E-state index contributed by atoms with van der Waals surface area (Å²) in [7, 11) is 0. The molecular weight excluding hydrogens is 290 g/mol. The van der Waals surface area contributed by atoms with E-state index in [9.17, 15) is 4.79 Å². The van der Waals surface area contributed by atoms with Gasteiger partial charge in [-0.3, -0.25) is 0 Å². The highest BCUT2D eigenvalue weighted by Gasteiger charge is 2.45. The lowest BCUT2D eigenvalue weighted by atomic mass is 9.91. The molecule has 0 aromatic carbocycles. The van der Waals surface area contributed by atoms with Crippen molar-refractivity contribution in [2.45, 2.75) is 51.7 Å². The maximum absolute atomic E-state index is 11.7. The van der Waals surface area contributed by atoms with Crippen molar-refractivity contribution in [3.63, 3.8) is 0 Å². The zero-order valence-corrected chi connectivity index (χ0v) is 14.5. The van der Waals surface area contributed by atoms with Crippen LogP contribution >= 0.6 is 0 Å². The summed E-state index contributed by atoms with van der Waals surface area (Å²) in [6, 6.07) is 0.